The number of halogens is 1. The van der Waals surface area contributed by atoms with E-state index in [0.717, 1.165) is 5.56 Å². The van der Waals surface area contributed by atoms with Crippen LogP contribution in [0.2, 0.25) is 5.02 Å². The van der Waals surface area contributed by atoms with Gasteiger partial charge in [-0.1, -0.05) is 17.7 Å². The number of aromatic nitrogens is 3. The first-order valence-electron chi connectivity index (χ1n) is 7.69. The second-order valence-corrected chi connectivity index (χ2v) is 6.04. The summed E-state index contributed by atoms with van der Waals surface area (Å²) in [5, 5.41) is 23.5. The Morgan fingerprint density at radius 1 is 1.33 bits per heavy atom. The summed E-state index contributed by atoms with van der Waals surface area (Å²) in [4.78, 5) is 14.4. The fourth-order valence-electron chi connectivity index (χ4n) is 2.79. The Morgan fingerprint density at radius 2 is 2.07 bits per heavy atom. The Bertz CT molecular complexity index is 1170. The molecule has 2 heterocycles. The van der Waals surface area contributed by atoms with Gasteiger partial charge in [-0.25, -0.2) is 0 Å². The van der Waals surface area contributed by atoms with E-state index in [1.807, 2.05) is 12.1 Å². The van der Waals surface area contributed by atoms with Crippen molar-refractivity contribution in [2.75, 3.05) is 12.8 Å². The third kappa shape index (κ3) is 3.34. The number of nitrogen functional groups attached to an aromatic ring is 1. The van der Waals surface area contributed by atoms with Crippen molar-refractivity contribution in [3.63, 3.8) is 0 Å². The standard InChI is InChI=1S/C18H13ClN6O2/c1-27-15-3-2-10(4-11(15)8-25-9-12(19)7-23-25)16-13(5-20)17(22)24-18(26)14(16)6-21/h2-4,7,9H,8H2,1H3,(H3,22,24,26). The number of hydrogen-bond donors (Lipinski definition) is 2. The first-order valence-corrected chi connectivity index (χ1v) is 8.07. The summed E-state index contributed by atoms with van der Waals surface area (Å²) < 4.78 is 7.00. The average Bonchev–Trinajstić information content (AvgIpc) is 3.06. The number of H-pyrrole nitrogens is 1. The number of nitrogens with one attached hydrogen (secondary N) is 1. The summed E-state index contributed by atoms with van der Waals surface area (Å²) in [5.41, 5.74) is 6.37. The van der Waals surface area contributed by atoms with Gasteiger partial charge in [-0.3, -0.25) is 9.48 Å². The van der Waals surface area contributed by atoms with Crippen LogP contribution in [0.25, 0.3) is 11.1 Å². The van der Waals surface area contributed by atoms with Crippen molar-refractivity contribution >= 4 is 17.4 Å². The van der Waals surface area contributed by atoms with Gasteiger partial charge in [0.25, 0.3) is 5.56 Å². The lowest BCUT2D eigenvalue weighted by Crippen LogP contribution is -2.16. The van der Waals surface area contributed by atoms with Gasteiger partial charge in [0.2, 0.25) is 0 Å². The van der Waals surface area contributed by atoms with E-state index >= 15 is 0 Å². The highest BCUT2D eigenvalue weighted by Crippen LogP contribution is 2.32. The normalized spacial score (nSPS) is 10.2. The van der Waals surface area contributed by atoms with Crippen LogP contribution in [0.5, 0.6) is 5.75 Å². The molecule has 0 saturated carbocycles. The second-order valence-electron chi connectivity index (χ2n) is 5.60. The number of ether oxygens (including phenoxy) is 1. The second kappa shape index (κ2) is 7.24. The molecule has 27 heavy (non-hydrogen) atoms. The van der Waals surface area contributed by atoms with Crippen molar-refractivity contribution in [3.8, 4) is 29.0 Å². The Balaban J connectivity index is 2.22. The zero-order valence-corrected chi connectivity index (χ0v) is 14.9. The van der Waals surface area contributed by atoms with E-state index in [1.165, 1.54) is 13.3 Å². The van der Waals surface area contributed by atoms with Crippen LogP contribution >= 0.6 is 11.6 Å². The van der Waals surface area contributed by atoms with Crippen LogP contribution in [0.3, 0.4) is 0 Å². The van der Waals surface area contributed by atoms with Crippen molar-refractivity contribution in [2.24, 2.45) is 0 Å². The van der Waals surface area contributed by atoms with Gasteiger partial charge in [-0.15, -0.1) is 0 Å². The highest BCUT2D eigenvalue weighted by molar-refractivity contribution is 6.30. The van der Waals surface area contributed by atoms with Gasteiger partial charge < -0.3 is 15.5 Å². The van der Waals surface area contributed by atoms with Crippen LogP contribution in [0.4, 0.5) is 5.82 Å². The van der Waals surface area contributed by atoms with E-state index in [1.54, 1.807) is 29.1 Å². The predicted octanol–water partition coefficient (Wildman–Crippen LogP) is 2.27. The summed E-state index contributed by atoms with van der Waals surface area (Å²) in [6.07, 6.45) is 3.16. The van der Waals surface area contributed by atoms with Crippen LogP contribution in [0, 0.1) is 22.7 Å². The molecule has 1 aromatic carbocycles. The fraction of sp³-hybridized carbons (Fsp3) is 0.111. The molecule has 3 aromatic rings. The number of nitrogens with two attached hydrogens (primary N) is 1. The van der Waals surface area contributed by atoms with Crippen LogP contribution < -0.4 is 16.0 Å². The molecule has 0 unspecified atom stereocenters. The number of aromatic amines is 1. The molecule has 3 rings (SSSR count). The van der Waals surface area contributed by atoms with Crippen LogP contribution in [-0.2, 0) is 6.54 Å². The number of anilines is 1. The molecule has 0 aliphatic carbocycles. The van der Waals surface area contributed by atoms with Crippen molar-refractivity contribution in [1.29, 1.82) is 10.5 Å². The maximum atomic E-state index is 12.1. The van der Waals surface area contributed by atoms with Crippen molar-refractivity contribution < 1.29 is 4.74 Å². The molecular formula is C18H13ClN6O2. The monoisotopic (exact) mass is 380 g/mol. The van der Waals surface area contributed by atoms with E-state index in [-0.39, 0.29) is 22.5 Å². The van der Waals surface area contributed by atoms with E-state index in [2.05, 4.69) is 10.1 Å². The maximum absolute atomic E-state index is 12.1. The van der Waals surface area contributed by atoms with Gasteiger partial charge >= 0.3 is 0 Å². The number of rotatable bonds is 4. The molecule has 0 bridgehead atoms. The summed E-state index contributed by atoms with van der Waals surface area (Å²) in [7, 11) is 1.53. The van der Waals surface area contributed by atoms with Gasteiger partial charge in [-0.05, 0) is 17.7 Å². The maximum Gasteiger partial charge on any atom is 0.268 e. The van der Waals surface area contributed by atoms with E-state index < -0.39 is 5.56 Å². The third-order valence-corrected chi connectivity index (χ3v) is 4.17. The van der Waals surface area contributed by atoms with Gasteiger partial charge in [0.1, 0.15) is 34.8 Å². The van der Waals surface area contributed by atoms with E-state index in [0.29, 0.717) is 22.9 Å². The number of pyridine rings is 1. The molecule has 8 nitrogen and oxygen atoms in total. The molecule has 0 atom stereocenters. The molecule has 0 aliphatic heterocycles. The molecule has 134 valence electrons. The largest absolute Gasteiger partial charge is 0.496 e. The topological polar surface area (TPSA) is 134 Å². The number of benzene rings is 1. The zero-order chi connectivity index (χ0) is 19.6. The van der Waals surface area contributed by atoms with E-state index in [9.17, 15) is 15.3 Å². The quantitative estimate of drug-likeness (QED) is 0.713. The molecular weight excluding hydrogens is 368 g/mol. The highest BCUT2D eigenvalue weighted by Gasteiger charge is 2.19. The van der Waals surface area contributed by atoms with Gasteiger partial charge in [0, 0.05) is 17.3 Å². The Hall–Kier alpha value is -3.75. The first-order chi connectivity index (χ1) is 13.0. The molecule has 0 saturated heterocycles. The fourth-order valence-corrected chi connectivity index (χ4v) is 2.95. The van der Waals surface area contributed by atoms with E-state index in [4.69, 9.17) is 22.1 Å². The lowest BCUT2D eigenvalue weighted by molar-refractivity contribution is 0.407. The number of nitriles is 2. The minimum atomic E-state index is -0.653. The minimum absolute atomic E-state index is 0.0319. The number of hydrogen-bond acceptors (Lipinski definition) is 6. The summed E-state index contributed by atoms with van der Waals surface area (Å²) in [5.74, 6) is 0.493. The van der Waals surface area contributed by atoms with Crippen LogP contribution in [-0.4, -0.2) is 21.9 Å². The number of nitrogens with zero attached hydrogens (tertiary/aromatic N) is 4. The Labute approximate surface area is 159 Å². The van der Waals surface area contributed by atoms with Gasteiger partial charge in [0.05, 0.1) is 24.9 Å². The predicted molar refractivity (Wildman–Crippen MR) is 99.2 cm³/mol. The smallest absolute Gasteiger partial charge is 0.268 e. The lowest BCUT2D eigenvalue weighted by atomic mass is 9.95. The molecule has 3 N–H and O–H groups in total. The summed E-state index contributed by atoms with van der Waals surface area (Å²) >= 11 is 5.90. The lowest BCUT2D eigenvalue weighted by Gasteiger charge is -2.13. The average molecular weight is 381 g/mol. The Morgan fingerprint density at radius 3 is 2.67 bits per heavy atom. The summed E-state index contributed by atoms with van der Waals surface area (Å²) in [6.45, 7) is 0.339. The zero-order valence-electron chi connectivity index (χ0n) is 14.2. The van der Waals surface area contributed by atoms with Crippen LogP contribution in [0.15, 0.2) is 35.4 Å². The minimum Gasteiger partial charge on any atom is -0.496 e. The molecule has 9 heteroatoms. The highest BCUT2D eigenvalue weighted by atomic mass is 35.5. The van der Waals surface area contributed by atoms with Crippen molar-refractivity contribution in [1.82, 2.24) is 14.8 Å². The molecule has 0 aliphatic rings. The van der Waals surface area contributed by atoms with Crippen molar-refractivity contribution in [3.05, 3.63) is 62.7 Å². The summed E-state index contributed by atoms with van der Waals surface area (Å²) in [6, 6.07) is 8.88. The first kappa shape index (κ1) is 18.1. The SMILES string of the molecule is COc1ccc(-c2c(C#N)c(N)[nH]c(=O)c2C#N)cc1Cn1cc(Cl)cn1. The van der Waals surface area contributed by atoms with Gasteiger partial charge in [0.15, 0.2) is 0 Å². The molecule has 0 amide bonds. The molecule has 2 aromatic heterocycles. The molecule has 0 spiro atoms. The third-order valence-electron chi connectivity index (χ3n) is 3.97. The molecule has 0 radical (unpaired) electrons. The molecule has 0 fully saturated rings. The van der Waals surface area contributed by atoms with Gasteiger partial charge in [-0.2, -0.15) is 15.6 Å². The van der Waals surface area contributed by atoms with Crippen LogP contribution in [0.1, 0.15) is 16.7 Å². The Kier molecular flexibility index (Phi) is 4.84. The number of methoxy groups -OCH3 is 1. The van der Waals surface area contributed by atoms with Crippen molar-refractivity contribution in [2.45, 2.75) is 6.54 Å².